The van der Waals surface area contributed by atoms with Crippen molar-refractivity contribution < 1.29 is 9.59 Å². The number of likely N-dealkylation sites (tertiary alicyclic amines) is 2. The fourth-order valence-corrected chi connectivity index (χ4v) is 3.17. The second-order valence-electron chi connectivity index (χ2n) is 7.38. The molecule has 2 heterocycles. The molecule has 1 unspecified atom stereocenters. The van der Waals surface area contributed by atoms with Gasteiger partial charge in [0.05, 0.1) is 5.41 Å². The molecule has 113 valence electrons. The van der Waals surface area contributed by atoms with Crippen LogP contribution >= 0.6 is 0 Å². The van der Waals surface area contributed by atoms with Gasteiger partial charge >= 0.3 is 0 Å². The summed E-state index contributed by atoms with van der Waals surface area (Å²) in [6.45, 7) is 7.82. The molecular weight excluding hydrogens is 254 g/mol. The Morgan fingerprint density at radius 2 is 1.70 bits per heavy atom. The van der Waals surface area contributed by atoms with Crippen molar-refractivity contribution in [2.24, 2.45) is 10.8 Å². The summed E-state index contributed by atoms with van der Waals surface area (Å²) < 4.78 is 0. The molecule has 0 saturated carbocycles. The van der Waals surface area contributed by atoms with Crippen LogP contribution in [-0.4, -0.2) is 54.3 Å². The van der Waals surface area contributed by atoms with Gasteiger partial charge in [0.2, 0.25) is 11.8 Å². The average molecular weight is 280 g/mol. The van der Waals surface area contributed by atoms with E-state index in [0.29, 0.717) is 13.1 Å². The summed E-state index contributed by atoms with van der Waals surface area (Å²) in [6.07, 6.45) is 2.41. The van der Waals surface area contributed by atoms with Crippen LogP contribution in [0, 0.1) is 10.8 Å². The zero-order valence-corrected chi connectivity index (χ0v) is 13.0. The molecule has 1 N–H and O–H groups in total. The van der Waals surface area contributed by atoms with Gasteiger partial charge in [-0.15, -0.1) is 0 Å². The minimum absolute atomic E-state index is 0.0915. The van der Waals surface area contributed by atoms with Crippen LogP contribution in [-0.2, 0) is 9.59 Å². The molecule has 0 aromatic rings. The van der Waals surface area contributed by atoms with Crippen LogP contribution in [0.25, 0.3) is 0 Å². The number of piperidine rings is 1. The molecule has 0 bridgehead atoms. The van der Waals surface area contributed by atoms with E-state index in [1.54, 1.807) is 9.80 Å². The van der Waals surface area contributed by atoms with Crippen LogP contribution in [0.2, 0.25) is 0 Å². The van der Waals surface area contributed by atoms with Crippen LogP contribution in [0.4, 0.5) is 0 Å². The summed E-state index contributed by atoms with van der Waals surface area (Å²) in [7, 11) is 1.86. The highest BCUT2D eigenvalue weighted by Gasteiger charge is 2.48. The maximum Gasteiger partial charge on any atom is 0.241 e. The van der Waals surface area contributed by atoms with Crippen LogP contribution < -0.4 is 5.73 Å². The van der Waals surface area contributed by atoms with Crippen molar-refractivity contribution in [1.82, 2.24) is 15.5 Å². The molecule has 2 fully saturated rings. The molecule has 2 aliphatic rings. The van der Waals surface area contributed by atoms with E-state index in [0.717, 1.165) is 25.8 Å². The Balaban J connectivity index is 1.98. The first-order valence-corrected chi connectivity index (χ1v) is 7.43. The third-order valence-electron chi connectivity index (χ3n) is 4.87. The molecule has 0 aliphatic carbocycles. The fraction of sp³-hybridized carbons (Fsp3) is 0.867. The van der Waals surface area contributed by atoms with Gasteiger partial charge in [0.25, 0.3) is 0 Å². The molecule has 1 atom stereocenters. The number of hydrogen-bond acceptors (Lipinski definition) is 2. The Hall–Kier alpha value is -1.10. The van der Waals surface area contributed by atoms with E-state index in [9.17, 15) is 9.59 Å². The molecule has 0 aromatic heterocycles. The van der Waals surface area contributed by atoms with Crippen molar-refractivity contribution >= 4 is 11.8 Å². The summed E-state index contributed by atoms with van der Waals surface area (Å²) in [6, 6.07) is -0.724. The van der Waals surface area contributed by atoms with Gasteiger partial charge in [-0.25, -0.2) is 5.73 Å². The molecule has 0 aromatic carbocycles. The highest BCUT2D eigenvalue weighted by molar-refractivity contribution is 5.86. The molecule has 20 heavy (non-hydrogen) atoms. The van der Waals surface area contributed by atoms with Gasteiger partial charge in [-0.3, -0.25) is 9.59 Å². The van der Waals surface area contributed by atoms with Gasteiger partial charge in [-0.1, -0.05) is 20.8 Å². The zero-order chi connectivity index (χ0) is 15.1. The Labute approximate surface area is 121 Å². The lowest BCUT2D eigenvalue weighted by Crippen LogP contribution is -2.51. The van der Waals surface area contributed by atoms with E-state index >= 15 is 0 Å². The number of nitrogens with one attached hydrogen (secondary N) is 1. The molecule has 2 rings (SSSR count). The Morgan fingerprint density at radius 1 is 1.20 bits per heavy atom. The molecule has 1 radical (unpaired) electrons. The predicted molar refractivity (Wildman–Crippen MR) is 76.8 cm³/mol. The van der Waals surface area contributed by atoms with Gasteiger partial charge in [0.1, 0.15) is 6.04 Å². The maximum atomic E-state index is 12.3. The van der Waals surface area contributed by atoms with Gasteiger partial charge < -0.3 is 9.80 Å². The molecule has 5 nitrogen and oxygen atoms in total. The highest BCUT2D eigenvalue weighted by atomic mass is 16.2. The maximum absolute atomic E-state index is 12.3. The van der Waals surface area contributed by atoms with Crippen LogP contribution in [0.3, 0.4) is 0 Å². The largest absolute Gasteiger partial charge is 0.345 e. The Morgan fingerprint density at radius 3 is 2.10 bits per heavy atom. The summed E-state index contributed by atoms with van der Waals surface area (Å²) in [5.41, 5.74) is 7.50. The predicted octanol–water partition coefficient (Wildman–Crippen LogP) is 1.15. The van der Waals surface area contributed by atoms with E-state index in [-0.39, 0.29) is 22.6 Å². The van der Waals surface area contributed by atoms with Crippen molar-refractivity contribution in [2.75, 3.05) is 26.7 Å². The van der Waals surface area contributed by atoms with Crippen molar-refractivity contribution in [3.05, 3.63) is 0 Å². The quantitative estimate of drug-likeness (QED) is 0.723. The second kappa shape index (κ2) is 5.02. The average Bonchev–Trinajstić information content (AvgIpc) is 2.66. The summed E-state index contributed by atoms with van der Waals surface area (Å²) >= 11 is 0. The molecular formula is C15H26N3O2. The second-order valence-corrected chi connectivity index (χ2v) is 7.38. The topological polar surface area (TPSA) is 64.4 Å². The molecule has 1 spiro atoms. The van der Waals surface area contributed by atoms with E-state index in [1.165, 1.54) is 0 Å². The normalized spacial score (nSPS) is 24.4. The number of hydrogen-bond donors (Lipinski definition) is 0. The lowest BCUT2D eigenvalue weighted by atomic mass is 9.76. The third-order valence-corrected chi connectivity index (χ3v) is 4.87. The summed E-state index contributed by atoms with van der Waals surface area (Å²) in [5, 5.41) is 0. The first-order chi connectivity index (χ1) is 9.17. The standard InChI is InChI=1S/C15H26N3O2/c1-14(2,3)11(16)12(19)18-9-6-15(7-10-18)5-8-17(4)13(15)20/h11,16H,5-10H2,1-4H3. The SMILES string of the molecule is CN1CCC2(CCN(C(=O)C([NH])C(C)(C)C)CC2)C1=O. The lowest BCUT2D eigenvalue weighted by Gasteiger charge is -2.40. The van der Waals surface area contributed by atoms with E-state index < -0.39 is 6.04 Å². The number of nitrogens with zero attached hydrogens (tertiary/aromatic N) is 2. The summed E-state index contributed by atoms with van der Waals surface area (Å²) in [5.74, 6) is 0.147. The van der Waals surface area contributed by atoms with Crippen molar-refractivity contribution in [2.45, 2.75) is 46.1 Å². The van der Waals surface area contributed by atoms with Crippen LogP contribution in [0.1, 0.15) is 40.0 Å². The zero-order valence-electron chi connectivity index (χ0n) is 13.0. The number of amides is 2. The monoisotopic (exact) mass is 280 g/mol. The molecule has 2 amide bonds. The first kappa shape index (κ1) is 15.3. The van der Waals surface area contributed by atoms with Crippen LogP contribution in [0.5, 0.6) is 0 Å². The Kier molecular flexibility index (Phi) is 3.84. The Bertz CT molecular complexity index is 406. The van der Waals surface area contributed by atoms with E-state index in [2.05, 4.69) is 0 Å². The van der Waals surface area contributed by atoms with Gasteiger partial charge in [0.15, 0.2) is 0 Å². The summed E-state index contributed by atoms with van der Waals surface area (Å²) in [4.78, 5) is 28.2. The molecule has 2 aliphatic heterocycles. The third kappa shape index (κ3) is 2.55. The highest BCUT2D eigenvalue weighted by Crippen LogP contribution is 2.41. The van der Waals surface area contributed by atoms with Crippen molar-refractivity contribution in [1.29, 1.82) is 0 Å². The van der Waals surface area contributed by atoms with Crippen LogP contribution in [0.15, 0.2) is 0 Å². The van der Waals surface area contributed by atoms with E-state index in [1.807, 2.05) is 27.8 Å². The smallest absolute Gasteiger partial charge is 0.241 e. The molecule has 2 saturated heterocycles. The fourth-order valence-electron chi connectivity index (χ4n) is 3.17. The van der Waals surface area contributed by atoms with Gasteiger partial charge in [-0.05, 0) is 24.7 Å². The number of rotatable bonds is 1. The molecule has 5 heteroatoms. The minimum Gasteiger partial charge on any atom is -0.345 e. The number of carbonyl (C=O) groups excluding carboxylic acids is 2. The van der Waals surface area contributed by atoms with Crippen molar-refractivity contribution in [3.8, 4) is 0 Å². The first-order valence-electron chi connectivity index (χ1n) is 7.43. The van der Waals surface area contributed by atoms with E-state index in [4.69, 9.17) is 5.73 Å². The van der Waals surface area contributed by atoms with Gasteiger partial charge in [0, 0.05) is 26.7 Å². The van der Waals surface area contributed by atoms with Gasteiger partial charge in [-0.2, -0.15) is 0 Å². The van der Waals surface area contributed by atoms with Crippen molar-refractivity contribution in [3.63, 3.8) is 0 Å². The number of carbonyl (C=O) groups is 2. The lowest BCUT2D eigenvalue weighted by molar-refractivity contribution is -0.143. The minimum atomic E-state index is -0.724.